The zero-order valence-electron chi connectivity index (χ0n) is 28.1. The lowest BCUT2D eigenvalue weighted by Crippen LogP contribution is -2.54. The smallest absolute Gasteiger partial charge is 0.307 e. The third-order valence-electron chi connectivity index (χ3n) is 8.82. The van der Waals surface area contributed by atoms with E-state index in [-0.39, 0.29) is 43.5 Å². The Balaban J connectivity index is 1.45. The number of hydrogen-bond acceptors (Lipinski definition) is 10. The molecule has 3 aromatic rings. The molecule has 0 amide bonds. The molecular weight excluding hydrogens is 636 g/mol. The van der Waals surface area contributed by atoms with Gasteiger partial charge in [-0.3, -0.25) is 4.79 Å². The van der Waals surface area contributed by atoms with E-state index in [1.165, 1.54) is 11.4 Å². The van der Waals surface area contributed by atoms with Gasteiger partial charge in [0.05, 0.1) is 63.2 Å². The van der Waals surface area contributed by atoms with Gasteiger partial charge in [-0.15, -0.1) is 0 Å². The van der Waals surface area contributed by atoms with Crippen molar-refractivity contribution in [2.75, 3.05) is 72.2 Å². The number of methoxy groups -OCH3 is 3. The van der Waals surface area contributed by atoms with Crippen LogP contribution in [-0.4, -0.2) is 98.2 Å². The molecule has 1 fully saturated rings. The van der Waals surface area contributed by atoms with E-state index >= 15 is 0 Å². The van der Waals surface area contributed by atoms with Gasteiger partial charge >= 0.3 is 5.97 Å². The number of sulfonamides is 1. The average molecular weight is 683 g/mol. The molecule has 0 aliphatic carbocycles. The van der Waals surface area contributed by atoms with Crippen LogP contribution in [0.4, 0.5) is 5.69 Å². The van der Waals surface area contributed by atoms with Crippen LogP contribution >= 0.6 is 0 Å². The van der Waals surface area contributed by atoms with Gasteiger partial charge in [0, 0.05) is 39.3 Å². The van der Waals surface area contributed by atoms with Crippen LogP contribution in [0, 0.1) is 6.92 Å². The first-order valence-electron chi connectivity index (χ1n) is 16.2. The maximum Gasteiger partial charge on any atom is 0.307 e. The lowest BCUT2D eigenvalue weighted by atomic mass is 9.85. The molecule has 0 bridgehead atoms. The fraction of sp³-hybridized carbons (Fsp3) is 0.472. The van der Waals surface area contributed by atoms with Gasteiger partial charge in [-0.25, -0.2) is 8.42 Å². The number of benzene rings is 3. The van der Waals surface area contributed by atoms with Crippen LogP contribution in [0.15, 0.2) is 71.6 Å². The summed E-state index contributed by atoms with van der Waals surface area (Å²) in [5.41, 5.74) is 3.82. The van der Waals surface area contributed by atoms with E-state index in [1.807, 2.05) is 43.3 Å². The molecule has 48 heavy (non-hydrogen) atoms. The van der Waals surface area contributed by atoms with E-state index < -0.39 is 28.2 Å². The molecule has 0 radical (unpaired) electrons. The van der Waals surface area contributed by atoms with Crippen LogP contribution in [0.3, 0.4) is 0 Å². The normalized spacial score (nSPS) is 19.8. The Labute approximate surface area is 283 Å². The maximum atomic E-state index is 14.0. The third kappa shape index (κ3) is 8.66. The third-order valence-corrected chi connectivity index (χ3v) is 10.7. The molecule has 1 saturated heterocycles. The monoisotopic (exact) mass is 682 g/mol. The van der Waals surface area contributed by atoms with Crippen molar-refractivity contribution in [1.82, 2.24) is 4.31 Å². The van der Waals surface area contributed by atoms with Crippen molar-refractivity contribution in [3.05, 3.63) is 83.4 Å². The van der Waals surface area contributed by atoms with Crippen molar-refractivity contribution in [3.63, 3.8) is 0 Å². The Morgan fingerprint density at radius 1 is 0.917 bits per heavy atom. The summed E-state index contributed by atoms with van der Waals surface area (Å²) < 4.78 is 63.9. The summed E-state index contributed by atoms with van der Waals surface area (Å²) in [7, 11) is 0.747. The maximum absolute atomic E-state index is 14.0. The first-order valence-corrected chi connectivity index (χ1v) is 17.7. The van der Waals surface area contributed by atoms with Crippen molar-refractivity contribution in [2.24, 2.45) is 0 Å². The number of nitrogens with zero attached hydrogens (tertiary/aromatic N) is 2. The van der Waals surface area contributed by atoms with Gasteiger partial charge in [0.15, 0.2) is 0 Å². The summed E-state index contributed by atoms with van der Waals surface area (Å²) in [6, 6.07) is 20.5. The lowest BCUT2D eigenvalue weighted by molar-refractivity contribution is -0.143. The fourth-order valence-electron chi connectivity index (χ4n) is 6.21. The largest absolute Gasteiger partial charge is 0.497 e. The number of piperidine rings is 1. The van der Waals surface area contributed by atoms with E-state index in [0.29, 0.717) is 19.0 Å². The molecule has 3 aromatic carbocycles. The Morgan fingerprint density at radius 3 is 2.33 bits per heavy atom. The van der Waals surface area contributed by atoms with Crippen molar-refractivity contribution < 1.29 is 41.6 Å². The minimum atomic E-state index is -3.89. The Hall–Kier alpha value is -3.68. The minimum absolute atomic E-state index is 0.0383. The molecule has 2 aliphatic heterocycles. The zero-order chi connectivity index (χ0) is 34.1. The van der Waals surface area contributed by atoms with Crippen molar-refractivity contribution >= 4 is 21.7 Å². The number of carbonyl (C=O) groups excluding carboxylic acids is 1. The molecule has 0 aromatic heterocycles. The second-order valence-electron chi connectivity index (χ2n) is 12.0. The summed E-state index contributed by atoms with van der Waals surface area (Å²) in [6.07, 6.45) is -0.266. The molecule has 0 unspecified atom stereocenters. The molecule has 0 N–H and O–H groups in total. The first kappa shape index (κ1) is 35.6. The van der Waals surface area contributed by atoms with Crippen molar-refractivity contribution in [3.8, 4) is 11.5 Å². The predicted octanol–water partition coefficient (Wildman–Crippen LogP) is 4.56. The predicted molar refractivity (Wildman–Crippen MR) is 181 cm³/mol. The summed E-state index contributed by atoms with van der Waals surface area (Å²) >= 11 is 0. The van der Waals surface area contributed by atoms with Crippen LogP contribution in [0.1, 0.15) is 35.4 Å². The van der Waals surface area contributed by atoms with Gasteiger partial charge in [-0.05, 0) is 60.9 Å². The number of fused-ring (bicyclic) bond motifs is 1. The summed E-state index contributed by atoms with van der Waals surface area (Å²) in [6.45, 7) is 5.33. The molecule has 0 spiro atoms. The minimum Gasteiger partial charge on any atom is -0.497 e. The lowest BCUT2D eigenvalue weighted by Gasteiger charge is -2.43. The van der Waals surface area contributed by atoms with Gasteiger partial charge in [0.25, 0.3) is 0 Å². The topological polar surface area (TPSA) is 113 Å². The van der Waals surface area contributed by atoms with E-state index in [0.717, 1.165) is 47.6 Å². The standard InChI is InChI=1S/C36H46N2O9S/c1-26-6-13-30(14-7-26)48(40,41)38-23-33(45-20-16-35(39)44-4)36(28-9-11-29(43-3)12-10-28)34(24-38)47-25-27-8-15-32-31(22-27)37(18-21-46-32)17-5-19-42-2/h6-15,22,33-34,36H,5,16-21,23-25H2,1-4H3/t33-,34+,36+/m1/s1. The van der Waals surface area contributed by atoms with Crippen LogP contribution in [0.2, 0.25) is 0 Å². The van der Waals surface area contributed by atoms with E-state index in [2.05, 4.69) is 11.0 Å². The van der Waals surface area contributed by atoms with Gasteiger partial charge in [-0.1, -0.05) is 35.9 Å². The van der Waals surface area contributed by atoms with Crippen LogP contribution < -0.4 is 14.4 Å². The molecule has 5 rings (SSSR count). The molecule has 0 saturated carbocycles. The SMILES string of the molecule is COCCCN1CCOc2ccc(CO[C@H]3CN(S(=O)(=O)c4ccc(C)cc4)C[C@@H](OCCC(=O)OC)[C@@H]3c3ccc(OC)cc3)cc21. The number of aryl methyl sites for hydroxylation is 1. The summed E-state index contributed by atoms with van der Waals surface area (Å²) in [5.74, 6) is 0.775. The second kappa shape index (κ2) is 16.6. The Kier molecular flexibility index (Phi) is 12.3. The molecule has 12 heteroatoms. The van der Waals surface area contributed by atoms with Crippen LogP contribution in [-0.2, 0) is 40.4 Å². The number of rotatable bonds is 15. The molecule has 2 aliphatic rings. The number of esters is 1. The van der Waals surface area contributed by atoms with E-state index in [4.69, 9.17) is 28.4 Å². The summed E-state index contributed by atoms with van der Waals surface area (Å²) in [4.78, 5) is 14.5. The number of ether oxygens (including phenoxy) is 6. The first-order chi connectivity index (χ1) is 23.2. The van der Waals surface area contributed by atoms with Gasteiger partial charge in [-0.2, -0.15) is 4.31 Å². The van der Waals surface area contributed by atoms with E-state index in [9.17, 15) is 13.2 Å². The zero-order valence-corrected chi connectivity index (χ0v) is 28.9. The van der Waals surface area contributed by atoms with Gasteiger partial charge in [0.2, 0.25) is 10.0 Å². The number of anilines is 1. The van der Waals surface area contributed by atoms with Gasteiger partial charge in [0.1, 0.15) is 18.1 Å². The molecule has 2 heterocycles. The highest BCUT2D eigenvalue weighted by atomic mass is 32.2. The number of hydrogen-bond donors (Lipinski definition) is 0. The fourth-order valence-corrected chi connectivity index (χ4v) is 7.67. The Bertz CT molecular complexity index is 1600. The van der Waals surface area contributed by atoms with Gasteiger partial charge < -0.3 is 33.3 Å². The molecule has 11 nitrogen and oxygen atoms in total. The average Bonchev–Trinajstić information content (AvgIpc) is 3.10. The van der Waals surface area contributed by atoms with Crippen LogP contribution in [0.5, 0.6) is 11.5 Å². The van der Waals surface area contributed by atoms with E-state index in [1.54, 1.807) is 38.5 Å². The molecular formula is C36H46N2O9S. The Morgan fingerprint density at radius 2 is 1.65 bits per heavy atom. The second-order valence-corrected chi connectivity index (χ2v) is 13.9. The summed E-state index contributed by atoms with van der Waals surface area (Å²) in [5, 5.41) is 0. The highest BCUT2D eigenvalue weighted by Gasteiger charge is 2.43. The van der Waals surface area contributed by atoms with Crippen molar-refractivity contribution in [2.45, 2.75) is 49.4 Å². The molecule has 3 atom stereocenters. The molecule has 260 valence electrons. The highest BCUT2D eigenvalue weighted by molar-refractivity contribution is 7.89. The quantitative estimate of drug-likeness (QED) is 0.167. The highest BCUT2D eigenvalue weighted by Crippen LogP contribution is 2.37. The van der Waals surface area contributed by atoms with Crippen molar-refractivity contribution in [1.29, 1.82) is 0 Å². The number of carbonyl (C=O) groups is 1. The van der Waals surface area contributed by atoms with Crippen LogP contribution in [0.25, 0.3) is 0 Å².